The lowest BCUT2D eigenvalue weighted by atomic mass is 9.92. The van der Waals surface area contributed by atoms with Crippen molar-refractivity contribution in [3.05, 3.63) is 28.8 Å². The van der Waals surface area contributed by atoms with Gasteiger partial charge >= 0.3 is 0 Å². The second-order valence-corrected chi connectivity index (χ2v) is 4.41. The highest BCUT2D eigenvalue weighted by Crippen LogP contribution is 2.31. The fourth-order valence-electron chi connectivity index (χ4n) is 2.32. The summed E-state index contributed by atoms with van der Waals surface area (Å²) < 4.78 is 10.8. The summed E-state index contributed by atoms with van der Waals surface area (Å²) in [6.45, 7) is 5.79. The Balaban J connectivity index is 3.15. The van der Waals surface area contributed by atoms with E-state index < -0.39 is 0 Å². The molecule has 1 unspecified atom stereocenters. The van der Waals surface area contributed by atoms with Crippen molar-refractivity contribution in [2.24, 2.45) is 0 Å². The number of aryl methyl sites for hydroxylation is 2. The van der Waals surface area contributed by atoms with Gasteiger partial charge in [-0.15, -0.1) is 0 Å². The highest BCUT2D eigenvalue weighted by atomic mass is 16.5. The standard InChI is InChI=1S/C14H23NO2/c1-10-6-11(2)14(13(7-10)17-5)12(8-15-3)9-16-4/h6-7,12,15H,8-9H2,1-5H3. The zero-order chi connectivity index (χ0) is 12.8. The van der Waals surface area contributed by atoms with Crippen LogP contribution in [0, 0.1) is 13.8 Å². The van der Waals surface area contributed by atoms with E-state index in [2.05, 4.69) is 31.3 Å². The number of hydrogen-bond donors (Lipinski definition) is 1. The fourth-order valence-corrected chi connectivity index (χ4v) is 2.32. The molecular formula is C14H23NO2. The van der Waals surface area contributed by atoms with Crippen LogP contribution in [0.1, 0.15) is 22.6 Å². The largest absolute Gasteiger partial charge is 0.496 e. The molecule has 0 aromatic heterocycles. The third kappa shape index (κ3) is 3.45. The van der Waals surface area contributed by atoms with Gasteiger partial charge in [-0.2, -0.15) is 0 Å². The number of benzene rings is 1. The average Bonchev–Trinajstić information content (AvgIpc) is 2.28. The molecule has 0 spiro atoms. The van der Waals surface area contributed by atoms with Crippen LogP contribution in [-0.2, 0) is 4.74 Å². The van der Waals surface area contributed by atoms with E-state index in [0.717, 1.165) is 12.3 Å². The first-order valence-electron chi connectivity index (χ1n) is 5.92. The molecule has 0 aliphatic heterocycles. The van der Waals surface area contributed by atoms with E-state index in [0.29, 0.717) is 12.5 Å². The van der Waals surface area contributed by atoms with Gasteiger partial charge in [-0.25, -0.2) is 0 Å². The van der Waals surface area contributed by atoms with Crippen LogP contribution in [0.4, 0.5) is 0 Å². The van der Waals surface area contributed by atoms with Gasteiger partial charge in [0.2, 0.25) is 0 Å². The lowest BCUT2D eigenvalue weighted by Crippen LogP contribution is -2.22. The molecular weight excluding hydrogens is 214 g/mol. The molecule has 0 saturated carbocycles. The predicted molar refractivity (Wildman–Crippen MR) is 71.0 cm³/mol. The third-order valence-corrected chi connectivity index (χ3v) is 2.94. The smallest absolute Gasteiger partial charge is 0.122 e. The Morgan fingerprint density at radius 1 is 1.24 bits per heavy atom. The van der Waals surface area contributed by atoms with E-state index in [9.17, 15) is 0 Å². The molecule has 0 heterocycles. The van der Waals surface area contributed by atoms with Crippen molar-refractivity contribution in [2.75, 3.05) is 34.4 Å². The van der Waals surface area contributed by atoms with E-state index in [1.54, 1.807) is 14.2 Å². The zero-order valence-electron chi connectivity index (χ0n) is 11.5. The van der Waals surface area contributed by atoms with Gasteiger partial charge in [-0.3, -0.25) is 0 Å². The topological polar surface area (TPSA) is 30.5 Å². The molecule has 0 amide bonds. The van der Waals surface area contributed by atoms with Crippen molar-refractivity contribution in [3.8, 4) is 5.75 Å². The Morgan fingerprint density at radius 2 is 1.94 bits per heavy atom. The van der Waals surface area contributed by atoms with Crippen molar-refractivity contribution in [1.82, 2.24) is 5.32 Å². The van der Waals surface area contributed by atoms with Gasteiger partial charge in [0.05, 0.1) is 13.7 Å². The Morgan fingerprint density at radius 3 is 2.47 bits per heavy atom. The Bertz CT molecular complexity index is 357. The molecule has 1 N–H and O–H groups in total. The molecule has 3 heteroatoms. The molecule has 0 fully saturated rings. The molecule has 1 atom stereocenters. The normalized spacial score (nSPS) is 12.5. The van der Waals surface area contributed by atoms with E-state index in [1.807, 2.05) is 7.05 Å². The molecule has 1 rings (SSSR count). The van der Waals surface area contributed by atoms with Crippen LogP contribution in [-0.4, -0.2) is 34.4 Å². The van der Waals surface area contributed by atoms with Crippen LogP contribution >= 0.6 is 0 Å². The summed E-state index contributed by atoms with van der Waals surface area (Å²) in [6, 6.07) is 4.27. The molecule has 0 radical (unpaired) electrons. The first-order chi connectivity index (χ1) is 8.13. The molecule has 1 aromatic rings. The zero-order valence-corrected chi connectivity index (χ0v) is 11.5. The first kappa shape index (κ1) is 14.0. The van der Waals surface area contributed by atoms with Crippen LogP contribution in [0.5, 0.6) is 5.75 Å². The highest BCUT2D eigenvalue weighted by Gasteiger charge is 2.18. The van der Waals surface area contributed by atoms with Crippen LogP contribution in [0.25, 0.3) is 0 Å². The number of rotatable bonds is 6. The van der Waals surface area contributed by atoms with Gasteiger partial charge in [0.1, 0.15) is 5.75 Å². The van der Waals surface area contributed by atoms with Gasteiger partial charge in [-0.05, 0) is 38.1 Å². The monoisotopic (exact) mass is 237 g/mol. The summed E-state index contributed by atoms with van der Waals surface area (Å²) in [7, 11) is 5.41. The molecule has 17 heavy (non-hydrogen) atoms. The molecule has 1 aromatic carbocycles. The number of nitrogens with one attached hydrogen (secondary N) is 1. The SMILES string of the molecule is CNCC(COC)c1c(C)cc(C)cc1OC. The fraction of sp³-hybridized carbons (Fsp3) is 0.571. The third-order valence-electron chi connectivity index (χ3n) is 2.94. The molecule has 3 nitrogen and oxygen atoms in total. The maximum Gasteiger partial charge on any atom is 0.122 e. The van der Waals surface area contributed by atoms with E-state index in [-0.39, 0.29) is 0 Å². The minimum absolute atomic E-state index is 0.320. The summed E-state index contributed by atoms with van der Waals surface area (Å²) in [5.74, 6) is 1.28. The number of likely N-dealkylation sites (N-methyl/N-ethyl adjacent to an activating group) is 1. The Hall–Kier alpha value is -1.06. The molecule has 96 valence electrons. The molecule has 0 saturated heterocycles. The Labute approximate surface area is 104 Å². The van der Waals surface area contributed by atoms with Crippen molar-refractivity contribution in [3.63, 3.8) is 0 Å². The van der Waals surface area contributed by atoms with Gasteiger partial charge in [0, 0.05) is 25.1 Å². The van der Waals surface area contributed by atoms with Crippen LogP contribution in [0.15, 0.2) is 12.1 Å². The average molecular weight is 237 g/mol. The maximum absolute atomic E-state index is 5.50. The second-order valence-electron chi connectivity index (χ2n) is 4.41. The molecule has 0 bridgehead atoms. The van der Waals surface area contributed by atoms with Crippen LogP contribution in [0.2, 0.25) is 0 Å². The second kappa shape index (κ2) is 6.62. The predicted octanol–water partition coefficient (Wildman–Crippen LogP) is 2.26. The molecule has 0 aliphatic rings. The van der Waals surface area contributed by atoms with Crippen molar-refractivity contribution < 1.29 is 9.47 Å². The van der Waals surface area contributed by atoms with Gasteiger partial charge in [0.25, 0.3) is 0 Å². The van der Waals surface area contributed by atoms with Crippen LogP contribution < -0.4 is 10.1 Å². The summed E-state index contributed by atoms with van der Waals surface area (Å²) in [6.07, 6.45) is 0. The first-order valence-corrected chi connectivity index (χ1v) is 5.92. The lowest BCUT2D eigenvalue weighted by molar-refractivity contribution is 0.177. The number of hydrogen-bond acceptors (Lipinski definition) is 3. The Kier molecular flexibility index (Phi) is 5.45. The number of methoxy groups -OCH3 is 2. The number of ether oxygens (including phenoxy) is 2. The summed E-state index contributed by atoms with van der Waals surface area (Å²) in [4.78, 5) is 0. The summed E-state index contributed by atoms with van der Waals surface area (Å²) >= 11 is 0. The van der Waals surface area contributed by atoms with E-state index >= 15 is 0 Å². The van der Waals surface area contributed by atoms with E-state index in [4.69, 9.17) is 9.47 Å². The van der Waals surface area contributed by atoms with Gasteiger partial charge < -0.3 is 14.8 Å². The quantitative estimate of drug-likeness (QED) is 0.823. The highest BCUT2D eigenvalue weighted by molar-refractivity contribution is 5.45. The molecule has 0 aliphatic carbocycles. The summed E-state index contributed by atoms with van der Waals surface area (Å²) in [5, 5.41) is 3.21. The maximum atomic E-state index is 5.50. The van der Waals surface area contributed by atoms with Crippen molar-refractivity contribution in [1.29, 1.82) is 0 Å². The van der Waals surface area contributed by atoms with Crippen LogP contribution in [0.3, 0.4) is 0 Å². The minimum atomic E-state index is 0.320. The van der Waals surface area contributed by atoms with E-state index in [1.165, 1.54) is 16.7 Å². The van der Waals surface area contributed by atoms with Gasteiger partial charge in [0.15, 0.2) is 0 Å². The lowest BCUT2D eigenvalue weighted by Gasteiger charge is -2.21. The van der Waals surface area contributed by atoms with Crippen molar-refractivity contribution in [2.45, 2.75) is 19.8 Å². The summed E-state index contributed by atoms with van der Waals surface area (Å²) in [5.41, 5.74) is 3.73. The van der Waals surface area contributed by atoms with Crippen molar-refractivity contribution >= 4 is 0 Å². The van der Waals surface area contributed by atoms with Gasteiger partial charge in [-0.1, -0.05) is 6.07 Å². The minimum Gasteiger partial charge on any atom is -0.496 e.